The van der Waals surface area contributed by atoms with Gasteiger partial charge >= 0.3 is 0 Å². The molecule has 0 aliphatic carbocycles. The van der Waals surface area contributed by atoms with Gasteiger partial charge in [0, 0.05) is 11.1 Å². The molecule has 38 heavy (non-hydrogen) atoms. The number of rotatable bonds is 12. The lowest BCUT2D eigenvalue weighted by Gasteiger charge is -2.29. The molecule has 0 aromatic heterocycles. The van der Waals surface area contributed by atoms with Crippen molar-refractivity contribution in [1.29, 1.82) is 0 Å². The molecule has 3 aromatic carbocycles. The number of hydrogen-bond acceptors (Lipinski definition) is 1. The summed E-state index contributed by atoms with van der Waals surface area (Å²) in [6.07, 6.45) is 11.7. The number of ether oxygens (including phenoxy) is 1. The Kier molecular flexibility index (Phi) is 10.5. The molecule has 1 aliphatic heterocycles. The van der Waals surface area contributed by atoms with Crippen LogP contribution in [0.15, 0.2) is 54.6 Å². The van der Waals surface area contributed by atoms with E-state index in [-0.39, 0.29) is 17.5 Å². The van der Waals surface area contributed by atoms with E-state index in [2.05, 4.69) is 6.92 Å². The first-order valence-corrected chi connectivity index (χ1v) is 14.5. The van der Waals surface area contributed by atoms with Gasteiger partial charge in [0.25, 0.3) is 0 Å². The number of benzene rings is 3. The van der Waals surface area contributed by atoms with Crippen LogP contribution in [-0.2, 0) is 11.2 Å². The van der Waals surface area contributed by atoms with Crippen LogP contribution < -0.4 is 0 Å². The molecule has 1 heterocycles. The average molecular weight is 523 g/mol. The van der Waals surface area contributed by atoms with Crippen molar-refractivity contribution in [2.75, 3.05) is 6.61 Å². The zero-order chi connectivity index (χ0) is 26.9. The summed E-state index contributed by atoms with van der Waals surface area (Å²) in [5.41, 5.74) is 3.45. The Morgan fingerprint density at radius 2 is 1.42 bits per heavy atom. The third kappa shape index (κ3) is 7.08. The van der Waals surface area contributed by atoms with Crippen molar-refractivity contribution in [3.8, 4) is 22.3 Å². The van der Waals surface area contributed by atoms with Crippen molar-refractivity contribution >= 4 is 0 Å². The molecular formula is C34H41F3O. The Labute approximate surface area is 226 Å². The summed E-state index contributed by atoms with van der Waals surface area (Å²) in [4.78, 5) is 0. The minimum absolute atomic E-state index is 0.194. The SMILES string of the molecule is CCCCCCCC1CCC(c2ccc(-c3ccc(-c4ccc(CCCC)c(F)c4F)cc3)cc2F)OC1. The first-order valence-electron chi connectivity index (χ1n) is 14.5. The van der Waals surface area contributed by atoms with E-state index < -0.39 is 11.6 Å². The van der Waals surface area contributed by atoms with Crippen LogP contribution in [0.5, 0.6) is 0 Å². The van der Waals surface area contributed by atoms with Gasteiger partial charge in [-0.05, 0) is 66.3 Å². The summed E-state index contributed by atoms with van der Waals surface area (Å²) in [5.74, 6) is -1.25. The van der Waals surface area contributed by atoms with Crippen molar-refractivity contribution < 1.29 is 17.9 Å². The molecule has 0 radical (unpaired) electrons. The lowest BCUT2D eigenvalue weighted by Crippen LogP contribution is -2.21. The van der Waals surface area contributed by atoms with Crippen molar-refractivity contribution in [2.45, 2.75) is 90.6 Å². The normalized spacial score (nSPS) is 17.6. The van der Waals surface area contributed by atoms with Crippen molar-refractivity contribution in [3.63, 3.8) is 0 Å². The average Bonchev–Trinajstić information content (AvgIpc) is 2.94. The number of unbranched alkanes of at least 4 members (excludes halogenated alkanes) is 5. The van der Waals surface area contributed by atoms with Crippen molar-refractivity contribution in [3.05, 3.63) is 83.2 Å². The lowest BCUT2D eigenvalue weighted by atomic mass is 9.90. The van der Waals surface area contributed by atoms with E-state index in [1.54, 1.807) is 30.3 Å². The molecule has 0 amide bonds. The molecule has 1 aliphatic rings. The second-order valence-electron chi connectivity index (χ2n) is 10.8. The van der Waals surface area contributed by atoms with E-state index >= 15 is 4.39 Å². The standard InChI is InChI=1S/C34H41F3O/c1-3-5-7-8-9-10-24-12-21-32(38-23-24)30-20-18-28(22-31(30)35)25-13-15-26(16-14-25)29-19-17-27(11-6-4-2)33(36)34(29)37/h13-20,22,24,32H,3-12,21,23H2,1-2H3. The minimum atomic E-state index is -0.812. The molecule has 0 N–H and O–H groups in total. The summed E-state index contributed by atoms with van der Waals surface area (Å²) >= 11 is 0. The summed E-state index contributed by atoms with van der Waals surface area (Å²) in [6, 6.07) is 15.8. The molecule has 2 unspecified atom stereocenters. The largest absolute Gasteiger partial charge is 0.373 e. The van der Waals surface area contributed by atoms with Gasteiger partial charge in [-0.1, -0.05) is 101 Å². The monoisotopic (exact) mass is 522 g/mol. The van der Waals surface area contributed by atoms with Crippen LogP contribution in [0.3, 0.4) is 0 Å². The maximum absolute atomic E-state index is 15.1. The summed E-state index contributed by atoms with van der Waals surface area (Å²) in [7, 11) is 0. The Hall–Kier alpha value is -2.59. The van der Waals surface area contributed by atoms with E-state index in [0.29, 0.717) is 35.6 Å². The highest BCUT2D eigenvalue weighted by molar-refractivity contribution is 5.71. The maximum atomic E-state index is 15.1. The second-order valence-corrected chi connectivity index (χ2v) is 10.8. The topological polar surface area (TPSA) is 9.23 Å². The number of aryl methyl sites for hydroxylation is 1. The first kappa shape index (κ1) is 28.4. The molecule has 0 saturated carbocycles. The van der Waals surface area contributed by atoms with Gasteiger partial charge in [-0.25, -0.2) is 13.2 Å². The van der Waals surface area contributed by atoms with Crippen LogP contribution >= 0.6 is 0 Å². The van der Waals surface area contributed by atoms with E-state index in [1.165, 1.54) is 38.5 Å². The van der Waals surface area contributed by atoms with Gasteiger partial charge in [0.15, 0.2) is 11.6 Å². The third-order valence-electron chi connectivity index (χ3n) is 7.92. The Morgan fingerprint density at radius 1 is 0.711 bits per heavy atom. The van der Waals surface area contributed by atoms with Gasteiger partial charge in [-0.15, -0.1) is 0 Å². The van der Waals surface area contributed by atoms with Crippen molar-refractivity contribution in [1.82, 2.24) is 0 Å². The highest BCUT2D eigenvalue weighted by Crippen LogP contribution is 2.36. The molecule has 3 aromatic rings. The van der Waals surface area contributed by atoms with E-state index in [0.717, 1.165) is 36.8 Å². The first-order chi connectivity index (χ1) is 18.5. The van der Waals surface area contributed by atoms with Crippen molar-refractivity contribution in [2.24, 2.45) is 5.92 Å². The fraction of sp³-hybridized carbons (Fsp3) is 0.471. The van der Waals surface area contributed by atoms with E-state index in [9.17, 15) is 8.78 Å². The summed E-state index contributed by atoms with van der Waals surface area (Å²) < 4.78 is 50.5. The fourth-order valence-electron chi connectivity index (χ4n) is 5.50. The molecule has 1 saturated heterocycles. The number of halogens is 3. The molecule has 0 spiro atoms. The molecule has 4 heteroatoms. The predicted octanol–water partition coefficient (Wildman–Crippen LogP) is 10.6. The Bertz CT molecular complexity index is 1160. The highest BCUT2D eigenvalue weighted by Gasteiger charge is 2.25. The smallest absolute Gasteiger partial charge is 0.166 e. The highest BCUT2D eigenvalue weighted by atomic mass is 19.2. The van der Waals surface area contributed by atoms with Crippen LogP contribution in [0.4, 0.5) is 13.2 Å². The molecule has 204 valence electrons. The Morgan fingerprint density at radius 3 is 2.11 bits per heavy atom. The van der Waals surface area contributed by atoms with Crippen LogP contribution in [0, 0.1) is 23.4 Å². The molecule has 1 fully saturated rings. The van der Waals surface area contributed by atoms with Gasteiger partial charge in [0.1, 0.15) is 5.82 Å². The summed E-state index contributed by atoms with van der Waals surface area (Å²) in [5, 5.41) is 0. The molecule has 0 bridgehead atoms. The van der Waals surface area contributed by atoms with Crippen LogP contribution in [-0.4, -0.2) is 6.61 Å². The second kappa shape index (κ2) is 14.0. The van der Waals surface area contributed by atoms with E-state index in [1.807, 2.05) is 31.2 Å². The zero-order valence-electron chi connectivity index (χ0n) is 22.9. The Balaban J connectivity index is 1.38. The van der Waals surface area contributed by atoms with Gasteiger partial charge in [-0.3, -0.25) is 0 Å². The van der Waals surface area contributed by atoms with Gasteiger partial charge < -0.3 is 4.74 Å². The molecule has 1 nitrogen and oxygen atoms in total. The molecule has 4 rings (SSSR count). The van der Waals surface area contributed by atoms with Gasteiger partial charge in [-0.2, -0.15) is 0 Å². The van der Waals surface area contributed by atoms with Gasteiger partial charge in [0.2, 0.25) is 0 Å². The van der Waals surface area contributed by atoms with E-state index in [4.69, 9.17) is 4.74 Å². The quantitative estimate of drug-likeness (QED) is 0.215. The zero-order valence-corrected chi connectivity index (χ0v) is 22.9. The number of hydrogen-bond donors (Lipinski definition) is 0. The predicted molar refractivity (Wildman–Crippen MR) is 151 cm³/mol. The molecule has 2 atom stereocenters. The fourth-order valence-corrected chi connectivity index (χ4v) is 5.50. The third-order valence-corrected chi connectivity index (χ3v) is 7.92. The lowest BCUT2D eigenvalue weighted by molar-refractivity contribution is -0.0215. The van der Waals surface area contributed by atoms with Crippen LogP contribution in [0.25, 0.3) is 22.3 Å². The maximum Gasteiger partial charge on any atom is 0.166 e. The van der Waals surface area contributed by atoms with Crippen LogP contribution in [0.2, 0.25) is 0 Å². The van der Waals surface area contributed by atoms with Gasteiger partial charge in [0.05, 0.1) is 12.7 Å². The minimum Gasteiger partial charge on any atom is -0.373 e. The molecular weight excluding hydrogens is 481 g/mol. The summed E-state index contributed by atoms with van der Waals surface area (Å²) in [6.45, 7) is 4.97. The van der Waals surface area contributed by atoms with Crippen LogP contribution in [0.1, 0.15) is 95.3 Å².